The van der Waals surface area contributed by atoms with E-state index in [0.717, 1.165) is 24.5 Å². The van der Waals surface area contributed by atoms with Crippen molar-refractivity contribution in [3.8, 4) is 5.75 Å². The summed E-state index contributed by atoms with van der Waals surface area (Å²) in [5.74, 6) is -1.83. The van der Waals surface area contributed by atoms with Gasteiger partial charge in [0.1, 0.15) is 5.82 Å². The van der Waals surface area contributed by atoms with Crippen molar-refractivity contribution in [3.05, 3.63) is 118 Å². The normalized spacial score (nSPS) is 12.7. The highest BCUT2D eigenvalue weighted by atomic mass is 19.4. The fourth-order valence-electron chi connectivity index (χ4n) is 4.41. The molecule has 0 fully saturated rings. The maximum Gasteiger partial charge on any atom is 0.417 e. The molecule has 0 aliphatic heterocycles. The first-order chi connectivity index (χ1) is 19.8. The summed E-state index contributed by atoms with van der Waals surface area (Å²) in [6, 6.07) is 12.7. The van der Waals surface area contributed by atoms with Crippen molar-refractivity contribution in [2.75, 3.05) is 25.1 Å². The van der Waals surface area contributed by atoms with Gasteiger partial charge in [-0.15, -0.1) is 0 Å². The Labute approximate surface area is 236 Å². The van der Waals surface area contributed by atoms with Gasteiger partial charge in [-0.25, -0.2) is 8.78 Å². The summed E-state index contributed by atoms with van der Waals surface area (Å²) in [5.41, 5.74) is 0.127. The van der Waals surface area contributed by atoms with Crippen LogP contribution < -0.4 is 9.64 Å². The topological polar surface area (TPSA) is 38.2 Å². The molecule has 4 nitrogen and oxygen atoms in total. The molecule has 222 valence electrons. The van der Waals surface area contributed by atoms with Crippen LogP contribution in [0.3, 0.4) is 0 Å². The number of halogens is 8. The molecule has 1 atom stereocenters. The van der Waals surface area contributed by atoms with Gasteiger partial charge in [-0.05, 0) is 60.5 Å². The van der Waals surface area contributed by atoms with Crippen molar-refractivity contribution in [2.45, 2.75) is 31.6 Å². The first-order valence-corrected chi connectivity index (χ1v) is 12.7. The number of anilines is 1. The third kappa shape index (κ3) is 7.34. The standard InChI is InChI=1S/C30H25F8N3O/c1-18-13-19(3-8-25(18)31)24(27-10-5-21(16-40-27)30(36,37)38)17-41(23-7-9-26(32)28(14-23)42-2)12-11-22-6-4-20(15-39-22)29(33,34)35/h3-10,13-16,24H,11-12,17H2,1-2H3. The summed E-state index contributed by atoms with van der Waals surface area (Å²) in [5, 5.41) is 0. The van der Waals surface area contributed by atoms with E-state index in [9.17, 15) is 35.1 Å². The Kier molecular flexibility index (Phi) is 9.03. The summed E-state index contributed by atoms with van der Waals surface area (Å²) in [7, 11) is 1.29. The molecule has 12 heteroatoms. The molecule has 42 heavy (non-hydrogen) atoms. The van der Waals surface area contributed by atoms with Crippen LogP contribution >= 0.6 is 0 Å². The minimum Gasteiger partial charge on any atom is -0.494 e. The summed E-state index contributed by atoms with van der Waals surface area (Å²) >= 11 is 0. The van der Waals surface area contributed by atoms with E-state index < -0.39 is 41.0 Å². The lowest BCUT2D eigenvalue weighted by Gasteiger charge is -2.30. The number of aromatic nitrogens is 2. The van der Waals surface area contributed by atoms with Crippen LogP contribution in [0.1, 0.15) is 39.6 Å². The van der Waals surface area contributed by atoms with Crippen LogP contribution in [-0.2, 0) is 18.8 Å². The Morgan fingerprint density at radius 2 is 1.43 bits per heavy atom. The number of alkyl halides is 6. The lowest BCUT2D eigenvalue weighted by Crippen LogP contribution is -2.32. The third-order valence-electron chi connectivity index (χ3n) is 6.75. The molecule has 2 aromatic carbocycles. The average Bonchev–Trinajstić information content (AvgIpc) is 2.94. The van der Waals surface area contributed by atoms with Crippen molar-refractivity contribution in [1.82, 2.24) is 9.97 Å². The van der Waals surface area contributed by atoms with Gasteiger partial charge in [-0.3, -0.25) is 9.97 Å². The van der Waals surface area contributed by atoms with Crippen LogP contribution in [0.15, 0.2) is 73.1 Å². The largest absolute Gasteiger partial charge is 0.494 e. The Bertz CT molecular complexity index is 1500. The predicted octanol–water partition coefficient (Wildman–Crippen LogP) is 7.99. The number of benzene rings is 2. The van der Waals surface area contributed by atoms with Crippen molar-refractivity contribution in [3.63, 3.8) is 0 Å². The van der Waals surface area contributed by atoms with Crippen LogP contribution in [0.25, 0.3) is 0 Å². The van der Waals surface area contributed by atoms with E-state index in [1.807, 2.05) is 0 Å². The van der Waals surface area contributed by atoms with Crippen molar-refractivity contribution in [1.29, 1.82) is 0 Å². The van der Waals surface area contributed by atoms with Crippen LogP contribution in [0, 0.1) is 18.6 Å². The van der Waals surface area contributed by atoms with Gasteiger partial charge >= 0.3 is 12.4 Å². The number of ether oxygens (including phenoxy) is 1. The zero-order valence-electron chi connectivity index (χ0n) is 22.4. The van der Waals surface area contributed by atoms with Crippen LogP contribution in [0.4, 0.5) is 40.8 Å². The molecule has 1 unspecified atom stereocenters. The number of rotatable bonds is 9. The molecule has 4 aromatic rings. The van der Waals surface area contributed by atoms with Gasteiger partial charge in [0.15, 0.2) is 11.6 Å². The molecule has 0 radical (unpaired) electrons. The van der Waals surface area contributed by atoms with Crippen molar-refractivity contribution >= 4 is 5.69 Å². The van der Waals surface area contributed by atoms with Crippen LogP contribution in [0.2, 0.25) is 0 Å². The highest BCUT2D eigenvalue weighted by Gasteiger charge is 2.32. The molecule has 0 amide bonds. The van der Waals surface area contributed by atoms with E-state index in [-0.39, 0.29) is 31.0 Å². The first kappa shape index (κ1) is 30.7. The number of hydrogen-bond acceptors (Lipinski definition) is 4. The molecule has 0 bridgehead atoms. The molecule has 0 saturated heterocycles. The Morgan fingerprint density at radius 1 is 0.786 bits per heavy atom. The number of pyridine rings is 2. The number of nitrogens with zero attached hydrogens (tertiary/aromatic N) is 3. The second kappa shape index (κ2) is 12.3. The molecule has 2 aromatic heterocycles. The molecule has 0 aliphatic rings. The molecular formula is C30H25F8N3O. The SMILES string of the molecule is COc1cc(N(CCc2ccc(C(F)(F)F)cn2)CC(c2ccc(F)c(C)c2)c2ccc(C(F)(F)F)cn2)ccc1F. The van der Waals surface area contributed by atoms with Crippen molar-refractivity contribution < 1.29 is 39.9 Å². The molecular weight excluding hydrogens is 570 g/mol. The van der Waals surface area contributed by atoms with Crippen molar-refractivity contribution in [2.24, 2.45) is 0 Å². The molecule has 4 rings (SSSR count). The van der Waals surface area contributed by atoms with E-state index >= 15 is 0 Å². The van der Waals surface area contributed by atoms with E-state index in [0.29, 0.717) is 22.5 Å². The lowest BCUT2D eigenvalue weighted by molar-refractivity contribution is -0.138. The second-order valence-corrected chi connectivity index (χ2v) is 9.58. The molecule has 0 aliphatic carbocycles. The number of aryl methyl sites for hydroxylation is 1. The predicted molar refractivity (Wildman–Crippen MR) is 140 cm³/mol. The molecule has 0 saturated carbocycles. The fourth-order valence-corrected chi connectivity index (χ4v) is 4.41. The molecule has 0 N–H and O–H groups in total. The van der Waals surface area contributed by atoms with Crippen LogP contribution in [0.5, 0.6) is 5.75 Å². The average molecular weight is 596 g/mol. The highest BCUT2D eigenvalue weighted by Crippen LogP contribution is 2.33. The van der Waals surface area contributed by atoms with E-state index in [1.165, 1.54) is 49.6 Å². The summed E-state index contributed by atoms with van der Waals surface area (Å²) in [4.78, 5) is 9.76. The van der Waals surface area contributed by atoms with E-state index in [4.69, 9.17) is 4.74 Å². The maximum atomic E-state index is 14.2. The molecule has 0 spiro atoms. The van der Waals surface area contributed by atoms with Gasteiger partial charge in [0.25, 0.3) is 0 Å². The fraction of sp³-hybridized carbons (Fsp3) is 0.267. The highest BCUT2D eigenvalue weighted by molar-refractivity contribution is 5.52. The lowest BCUT2D eigenvalue weighted by atomic mass is 9.92. The minimum atomic E-state index is -4.60. The molecule has 2 heterocycles. The Morgan fingerprint density at radius 3 is 1.98 bits per heavy atom. The van der Waals surface area contributed by atoms with Gasteiger partial charge in [0.2, 0.25) is 0 Å². The smallest absolute Gasteiger partial charge is 0.417 e. The third-order valence-corrected chi connectivity index (χ3v) is 6.75. The quantitative estimate of drug-likeness (QED) is 0.184. The monoisotopic (exact) mass is 595 g/mol. The summed E-state index contributed by atoms with van der Waals surface area (Å²) < 4.78 is 112. The Balaban J connectivity index is 1.73. The maximum absolute atomic E-state index is 14.2. The van der Waals surface area contributed by atoms with E-state index in [1.54, 1.807) is 17.9 Å². The first-order valence-electron chi connectivity index (χ1n) is 12.7. The van der Waals surface area contributed by atoms with Gasteiger partial charge < -0.3 is 9.64 Å². The van der Waals surface area contributed by atoms with Gasteiger partial charge in [-0.1, -0.05) is 12.1 Å². The van der Waals surface area contributed by atoms with E-state index in [2.05, 4.69) is 9.97 Å². The second-order valence-electron chi connectivity index (χ2n) is 9.58. The van der Waals surface area contributed by atoms with Gasteiger partial charge in [0.05, 0.1) is 18.2 Å². The van der Waals surface area contributed by atoms with Gasteiger partial charge in [0, 0.05) is 61.0 Å². The minimum absolute atomic E-state index is 0.0630. The summed E-state index contributed by atoms with van der Waals surface area (Å²) in [6.07, 6.45) is -7.52. The number of hydrogen-bond donors (Lipinski definition) is 0. The Hall–Kier alpha value is -4.22. The summed E-state index contributed by atoms with van der Waals surface area (Å²) in [6.45, 7) is 1.80. The zero-order valence-corrected chi connectivity index (χ0v) is 22.4. The van der Waals surface area contributed by atoms with Crippen LogP contribution in [-0.4, -0.2) is 30.2 Å². The zero-order chi connectivity index (χ0) is 30.7. The number of methoxy groups -OCH3 is 1. The van der Waals surface area contributed by atoms with Gasteiger partial charge in [-0.2, -0.15) is 26.3 Å².